The van der Waals surface area contributed by atoms with Crippen molar-refractivity contribution in [3.05, 3.63) is 114 Å². The number of hydrogen-bond acceptors (Lipinski definition) is 0. The van der Waals surface area contributed by atoms with E-state index < -0.39 is 0 Å². The van der Waals surface area contributed by atoms with Crippen molar-refractivity contribution in [3.8, 4) is 0 Å². The first-order valence-corrected chi connectivity index (χ1v) is 8.28. The highest BCUT2D eigenvalue weighted by Crippen LogP contribution is 2.47. The molecule has 0 fully saturated rings. The Hall–Kier alpha value is -2.60. The SMILES string of the molecule is C1=C(c2ccccc2)C[C@H](c2ccccc2)[C@H]1c1ccccc1. The maximum Gasteiger partial charge on any atom is 0.00959 e. The second-order valence-corrected chi connectivity index (χ2v) is 6.22. The summed E-state index contributed by atoms with van der Waals surface area (Å²) in [6.45, 7) is 0. The molecule has 23 heavy (non-hydrogen) atoms. The predicted molar refractivity (Wildman–Crippen MR) is 97.4 cm³/mol. The Morgan fingerprint density at radius 1 is 0.565 bits per heavy atom. The van der Waals surface area contributed by atoms with Gasteiger partial charge in [-0.15, -0.1) is 0 Å². The predicted octanol–water partition coefficient (Wildman–Crippen LogP) is 6.04. The highest BCUT2D eigenvalue weighted by molar-refractivity contribution is 5.71. The molecule has 0 unspecified atom stereocenters. The lowest BCUT2D eigenvalue weighted by atomic mass is 9.83. The molecule has 1 aliphatic carbocycles. The minimum atomic E-state index is 0.453. The van der Waals surface area contributed by atoms with E-state index in [4.69, 9.17) is 0 Å². The monoisotopic (exact) mass is 296 g/mol. The molecule has 2 atom stereocenters. The van der Waals surface area contributed by atoms with Crippen molar-refractivity contribution in [1.29, 1.82) is 0 Å². The molecule has 0 radical (unpaired) electrons. The van der Waals surface area contributed by atoms with Crippen molar-refractivity contribution >= 4 is 5.57 Å². The molecule has 0 aromatic heterocycles. The van der Waals surface area contributed by atoms with Crippen LogP contribution < -0.4 is 0 Å². The van der Waals surface area contributed by atoms with Crippen LogP contribution in [-0.2, 0) is 0 Å². The van der Waals surface area contributed by atoms with Gasteiger partial charge in [-0.25, -0.2) is 0 Å². The van der Waals surface area contributed by atoms with Crippen molar-refractivity contribution in [2.45, 2.75) is 18.3 Å². The quantitative estimate of drug-likeness (QED) is 0.552. The van der Waals surface area contributed by atoms with Crippen LogP contribution in [0.1, 0.15) is 34.9 Å². The summed E-state index contributed by atoms with van der Waals surface area (Å²) in [5.74, 6) is 0.975. The molecule has 0 N–H and O–H groups in total. The lowest BCUT2D eigenvalue weighted by molar-refractivity contribution is 0.668. The fraction of sp³-hybridized carbons (Fsp3) is 0.130. The normalized spacial score (nSPS) is 20.3. The minimum absolute atomic E-state index is 0.453. The molecule has 1 aliphatic rings. The molecule has 4 rings (SSSR count). The van der Waals surface area contributed by atoms with Gasteiger partial charge in [0.15, 0.2) is 0 Å². The Morgan fingerprint density at radius 3 is 1.70 bits per heavy atom. The van der Waals surface area contributed by atoms with Crippen LogP contribution in [0.2, 0.25) is 0 Å². The van der Waals surface area contributed by atoms with Gasteiger partial charge in [0, 0.05) is 5.92 Å². The van der Waals surface area contributed by atoms with Crippen molar-refractivity contribution < 1.29 is 0 Å². The summed E-state index contributed by atoms with van der Waals surface area (Å²) in [6.07, 6.45) is 3.58. The van der Waals surface area contributed by atoms with Gasteiger partial charge in [-0.05, 0) is 34.6 Å². The highest BCUT2D eigenvalue weighted by atomic mass is 14.3. The fourth-order valence-corrected chi connectivity index (χ4v) is 3.66. The van der Waals surface area contributed by atoms with Crippen LogP contribution >= 0.6 is 0 Å². The van der Waals surface area contributed by atoms with Gasteiger partial charge < -0.3 is 0 Å². The van der Waals surface area contributed by atoms with Crippen LogP contribution in [0, 0.1) is 0 Å². The molecule has 0 spiro atoms. The van der Waals surface area contributed by atoms with Crippen LogP contribution in [0.3, 0.4) is 0 Å². The van der Waals surface area contributed by atoms with Crippen molar-refractivity contribution in [2.75, 3.05) is 0 Å². The Balaban J connectivity index is 1.75. The molecule has 0 heteroatoms. The highest BCUT2D eigenvalue weighted by Gasteiger charge is 2.30. The number of rotatable bonds is 3. The van der Waals surface area contributed by atoms with E-state index in [1.807, 2.05) is 0 Å². The van der Waals surface area contributed by atoms with E-state index in [0.29, 0.717) is 11.8 Å². The fourth-order valence-electron chi connectivity index (χ4n) is 3.66. The Labute approximate surface area is 138 Å². The van der Waals surface area contributed by atoms with E-state index >= 15 is 0 Å². The molecule has 0 nitrogen and oxygen atoms in total. The van der Waals surface area contributed by atoms with Crippen LogP contribution in [0.25, 0.3) is 5.57 Å². The van der Waals surface area contributed by atoms with E-state index in [0.717, 1.165) is 6.42 Å². The summed E-state index contributed by atoms with van der Waals surface area (Å²) in [7, 11) is 0. The minimum Gasteiger partial charge on any atom is -0.0725 e. The van der Waals surface area contributed by atoms with Crippen LogP contribution in [0.4, 0.5) is 0 Å². The first-order valence-electron chi connectivity index (χ1n) is 8.28. The molecule has 112 valence electrons. The molecule has 0 bridgehead atoms. The summed E-state index contributed by atoms with van der Waals surface area (Å²) >= 11 is 0. The Morgan fingerprint density at radius 2 is 1.09 bits per heavy atom. The van der Waals surface area contributed by atoms with Crippen LogP contribution in [0.5, 0.6) is 0 Å². The van der Waals surface area contributed by atoms with Gasteiger partial charge in [-0.2, -0.15) is 0 Å². The van der Waals surface area contributed by atoms with E-state index in [9.17, 15) is 0 Å². The van der Waals surface area contributed by atoms with E-state index in [2.05, 4.69) is 97.1 Å². The van der Waals surface area contributed by atoms with Gasteiger partial charge in [-0.1, -0.05) is 97.1 Å². The lowest BCUT2D eigenvalue weighted by Crippen LogP contribution is -2.04. The molecular weight excluding hydrogens is 276 g/mol. The molecule has 0 amide bonds. The molecule has 3 aromatic carbocycles. The van der Waals surface area contributed by atoms with Gasteiger partial charge in [0.25, 0.3) is 0 Å². The maximum absolute atomic E-state index is 2.47. The Bertz CT molecular complexity index is 785. The van der Waals surface area contributed by atoms with Gasteiger partial charge >= 0.3 is 0 Å². The summed E-state index contributed by atoms with van der Waals surface area (Å²) in [4.78, 5) is 0. The van der Waals surface area contributed by atoms with E-state index in [1.54, 1.807) is 0 Å². The largest absolute Gasteiger partial charge is 0.0725 e. The summed E-state index contributed by atoms with van der Waals surface area (Å²) < 4.78 is 0. The van der Waals surface area contributed by atoms with Crippen molar-refractivity contribution in [3.63, 3.8) is 0 Å². The molecule has 3 aromatic rings. The first-order chi connectivity index (χ1) is 11.4. The third-order valence-corrected chi connectivity index (χ3v) is 4.81. The average Bonchev–Trinajstić information content (AvgIpc) is 3.09. The second-order valence-electron chi connectivity index (χ2n) is 6.22. The van der Waals surface area contributed by atoms with Crippen molar-refractivity contribution in [1.82, 2.24) is 0 Å². The molecule has 0 aliphatic heterocycles. The molecular formula is C23H20. The molecule has 0 heterocycles. The van der Waals surface area contributed by atoms with E-state index in [-0.39, 0.29) is 0 Å². The van der Waals surface area contributed by atoms with E-state index in [1.165, 1.54) is 22.3 Å². The van der Waals surface area contributed by atoms with Gasteiger partial charge in [0.2, 0.25) is 0 Å². The van der Waals surface area contributed by atoms with Crippen LogP contribution in [0.15, 0.2) is 97.1 Å². The van der Waals surface area contributed by atoms with Gasteiger partial charge in [-0.3, -0.25) is 0 Å². The maximum atomic E-state index is 2.47. The third kappa shape index (κ3) is 2.85. The first kappa shape index (κ1) is 14.0. The second kappa shape index (κ2) is 6.26. The molecule has 0 saturated heterocycles. The smallest absolute Gasteiger partial charge is 0.00959 e. The number of allylic oxidation sites excluding steroid dienone is 2. The summed E-state index contributed by atoms with van der Waals surface area (Å²) in [6, 6.07) is 32.6. The number of hydrogen-bond donors (Lipinski definition) is 0. The zero-order chi connectivity index (χ0) is 15.5. The topological polar surface area (TPSA) is 0 Å². The summed E-state index contributed by atoms with van der Waals surface area (Å²) in [5.41, 5.74) is 5.66. The van der Waals surface area contributed by atoms with Gasteiger partial charge in [0.05, 0.1) is 0 Å². The van der Waals surface area contributed by atoms with Crippen molar-refractivity contribution in [2.24, 2.45) is 0 Å². The Kier molecular flexibility index (Phi) is 3.81. The zero-order valence-electron chi connectivity index (χ0n) is 13.1. The third-order valence-electron chi connectivity index (χ3n) is 4.81. The van der Waals surface area contributed by atoms with Gasteiger partial charge in [0.1, 0.15) is 0 Å². The molecule has 0 saturated carbocycles. The van der Waals surface area contributed by atoms with Crippen LogP contribution in [-0.4, -0.2) is 0 Å². The standard InChI is InChI=1S/C23H20/c1-4-10-18(11-5-1)21-16-22(19-12-6-2-7-13-19)23(17-21)20-14-8-3-9-15-20/h1-16,22-23H,17H2/t22-,23-/m1/s1. The average molecular weight is 296 g/mol. The summed E-state index contributed by atoms with van der Waals surface area (Å²) in [5, 5.41) is 0. The lowest BCUT2D eigenvalue weighted by Gasteiger charge is -2.20. The zero-order valence-corrected chi connectivity index (χ0v) is 13.1. The number of benzene rings is 3.